The summed E-state index contributed by atoms with van der Waals surface area (Å²) in [6.07, 6.45) is 2.67. The number of hydrogen-bond donors (Lipinski definition) is 0. The number of hydrogen-bond acceptors (Lipinski definition) is 5. The zero-order chi connectivity index (χ0) is 24.4. The van der Waals surface area contributed by atoms with E-state index in [9.17, 15) is 9.59 Å². The Bertz CT molecular complexity index is 1350. The molecule has 1 aliphatic heterocycles. The lowest BCUT2D eigenvalue weighted by Crippen LogP contribution is -2.50. The summed E-state index contributed by atoms with van der Waals surface area (Å²) in [5, 5.41) is 0. The van der Waals surface area contributed by atoms with Crippen LogP contribution in [0.5, 0.6) is 0 Å². The third-order valence-electron chi connectivity index (χ3n) is 6.41. The van der Waals surface area contributed by atoms with Gasteiger partial charge in [-0.2, -0.15) is 0 Å². The van der Waals surface area contributed by atoms with Gasteiger partial charge < -0.3 is 9.30 Å². The van der Waals surface area contributed by atoms with E-state index in [1.54, 1.807) is 23.6 Å². The van der Waals surface area contributed by atoms with Crippen LogP contribution in [0.1, 0.15) is 24.1 Å². The van der Waals surface area contributed by atoms with Crippen molar-refractivity contribution in [2.24, 2.45) is 5.92 Å². The molecule has 2 heterocycles. The first-order valence-corrected chi connectivity index (χ1v) is 13.0. The quantitative estimate of drug-likeness (QED) is 0.207. The van der Waals surface area contributed by atoms with Gasteiger partial charge >= 0.3 is 5.97 Å². The second-order valence-electron chi connectivity index (χ2n) is 8.44. The number of esters is 1. The zero-order valence-corrected chi connectivity index (χ0v) is 20.6. The number of thioether (sulfide) groups is 1. The van der Waals surface area contributed by atoms with Crippen LogP contribution < -0.4 is 4.90 Å². The van der Waals surface area contributed by atoms with E-state index >= 15 is 0 Å². The number of anilines is 1. The number of carbonyl (C=O) groups is 2. The average molecular weight is 486 g/mol. The van der Waals surface area contributed by atoms with Crippen molar-refractivity contribution in [3.8, 4) is 0 Å². The molecule has 1 aromatic heterocycles. The van der Waals surface area contributed by atoms with E-state index in [0.717, 1.165) is 27.1 Å². The van der Waals surface area contributed by atoms with Gasteiger partial charge in [-0.15, -0.1) is 11.8 Å². The summed E-state index contributed by atoms with van der Waals surface area (Å²) in [6.45, 7) is 2.39. The Morgan fingerprint density at radius 3 is 2.43 bits per heavy atom. The Labute approximate surface area is 208 Å². The zero-order valence-electron chi connectivity index (χ0n) is 19.8. The Kier molecular flexibility index (Phi) is 6.59. The maximum absolute atomic E-state index is 14.0. The van der Waals surface area contributed by atoms with Crippen LogP contribution in [0.3, 0.4) is 0 Å². The second-order valence-corrected chi connectivity index (χ2v) is 9.32. The van der Waals surface area contributed by atoms with Crippen molar-refractivity contribution in [3.05, 3.63) is 90.0 Å². The van der Waals surface area contributed by atoms with Gasteiger partial charge in [0.25, 0.3) is 0 Å². The molecule has 0 unspecified atom stereocenters. The third-order valence-corrected chi connectivity index (χ3v) is 7.15. The van der Waals surface area contributed by atoms with Crippen molar-refractivity contribution in [1.82, 2.24) is 9.55 Å². The Morgan fingerprint density at radius 1 is 1.00 bits per heavy atom. The molecule has 0 bridgehead atoms. The molecule has 2 atom stereocenters. The van der Waals surface area contributed by atoms with Gasteiger partial charge in [0, 0.05) is 11.4 Å². The molecule has 1 aliphatic rings. The Balaban J connectivity index is 1.67. The molecule has 0 saturated heterocycles. The number of fused-ring (bicyclic) bond motifs is 3. The average Bonchev–Trinajstić information content (AvgIpc) is 3.27. The van der Waals surface area contributed by atoms with E-state index in [0.29, 0.717) is 18.9 Å². The lowest BCUT2D eigenvalue weighted by atomic mass is 9.89. The van der Waals surface area contributed by atoms with Crippen molar-refractivity contribution in [2.75, 3.05) is 24.3 Å². The molecule has 0 spiro atoms. The van der Waals surface area contributed by atoms with Crippen molar-refractivity contribution in [2.45, 2.75) is 24.3 Å². The van der Waals surface area contributed by atoms with Crippen molar-refractivity contribution in [3.63, 3.8) is 0 Å². The fourth-order valence-corrected chi connectivity index (χ4v) is 5.16. The van der Waals surface area contributed by atoms with Gasteiger partial charge in [0.2, 0.25) is 11.9 Å². The van der Waals surface area contributed by atoms with Gasteiger partial charge in [-0.1, -0.05) is 54.6 Å². The van der Waals surface area contributed by atoms with Crippen LogP contribution in [0.25, 0.3) is 11.0 Å². The molecule has 0 radical (unpaired) electrons. The molecule has 1 amide bonds. The predicted octanol–water partition coefficient (Wildman–Crippen LogP) is 5.12. The van der Waals surface area contributed by atoms with Gasteiger partial charge in [-0.05, 0) is 55.0 Å². The molecule has 3 aromatic carbocycles. The Hall–Kier alpha value is -3.58. The van der Waals surface area contributed by atoms with Crippen molar-refractivity contribution < 1.29 is 14.3 Å². The highest BCUT2D eigenvalue weighted by molar-refractivity contribution is 7.98. The minimum atomic E-state index is -1.00. The van der Waals surface area contributed by atoms with E-state index in [1.807, 2.05) is 89.7 Å². The van der Waals surface area contributed by atoms with E-state index in [4.69, 9.17) is 9.72 Å². The number of nitrogens with zero attached hydrogens (tertiary/aromatic N) is 3. The van der Waals surface area contributed by atoms with E-state index in [-0.39, 0.29) is 12.5 Å². The minimum Gasteiger partial charge on any atom is -0.465 e. The standard InChI is InChI=1S/C28H27N3O3S/c1-3-34-27(33)24-25(20-13-15-21(35-2)16-14-20)31-23-12-8-7-11-22(23)29-28(31)30(26(24)32)18-17-19-9-5-4-6-10-19/h4-16,24-25H,3,17-18H2,1-2H3/t24-,25-/m1/s1. The number of para-hydroxylation sites is 2. The first-order chi connectivity index (χ1) is 17.1. The van der Waals surface area contributed by atoms with E-state index < -0.39 is 17.9 Å². The number of imidazole rings is 1. The number of aromatic nitrogens is 2. The number of rotatable bonds is 7. The molecule has 0 aliphatic carbocycles. The molecule has 5 rings (SSSR count). The maximum Gasteiger partial charge on any atom is 0.321 e. The highest BCUT2D eigenvalue weighted by atomic mass is 32.2. The number of carbonyl (C=O) groups excluding carboxylic acids is 2. The summed E-state index contributed by atoms with van der Waals surface area (Å²) >= 11 is 1.65. The van der Waals surface area contributed by atoms with Gasteiger partial charge in [0.1, 0.15) is 0 Å². The summed E-state index contributed by atoms with van der Waals surface area (Å²) in [4.78, 5) is 34.9. The van der Waals surface area contributed by atoms with Crippen LogP contribution in [-0.2, 0) is 20.7 Å². The largest absolute Gasteiger partial charge is 0.465 e. The summed E-state index contributed by atoms with van der Waals surface area (Å²) in [5.41, 5.74) is 3.66. The summed E-state index contributed by atoms with van der Waals surface area (Å²) in [7, 11) is 0. The molecule has 6 nitrogen and oxygen atoms in total. The summed E-state index contributed by atoms with van der Waals surface area (Å²) in [6, 6.07) is 25.3. The van der Waals surface area contributed by atoms with Crippen molar-refractivity contribution in [1.29, 1.82) is 0 Å². The molecule has 0 N–H and O–H groups in total. The van der Waals surface area contributed by atoms with Gasteiger partial charge in [-0.3, -0.25) is 14.5 Å². The summed E-state index contributed by atoms with van der Waals surface area (Å²) < 4.78 is 7.48. The van der Waals surface area contributed by atoms with Gasteiger partial charge in [0.05, 0.1) is 23.7 Å². The fraction of sp³-hybridized carbons (Fsp3) is 0.250. The monoisotopic (exact) mass is 485 g/mol. The smallest absolute Gasteiger partial charge is 0.321 e. The highest BCUT2D eigenvalue weighted by Gasteiger charge is 2.47. The van der Waals surface area contributed by atoms with Gasteiger partial charge in [-0.25, -0.2) is 4.98 Å². The first kappa shape index (κ1) is 23.2. The number of ether oxygens (including phenoxy) is 1. The molecule has 4 aromatic rings. The van der Waals surface area contributed by atoms with Crippen LogP contribution in [0.2, 0.25) is 0 Å². The maximum atomic E-state index is 14.0. The second kappa shape index (κ2) is 9.96. The molecule has 0 saturated carbocycles. The number of amides is 1. The Morgan fingerprint density at radius 2 is 1.71 bits per heavy atom. The van der Waals surface area contributed by atoms with Crippen LogP contribution >= 0.6 is 11.8 Å². The molecule has 178 valence electrons. The lowest BCUT2D eigenvalue weighted by Gasteiger charge is -2.38. The molecular formula is C28H27N3O3S. The lowest BCUT2D eigenvalue weighted by molar-refractivity contribution is -0.153. The minimum absolute atomic E-state index is 0.211. The first-order valence-electron chi connectivity index (χ1n) is 11.7. The van der Waals surface area contributed by atoms with Crippen LogP contribution in [-0.4, -0.2) is 40.8 Å². The summed E-state index contributed by atoms with van der Waals surface area (Å²) in [5.74, 6) is -1.23. The molecule has 7 heteroatoms. The SMILES string of the molecule is CCOC(=O)[C@H]1C(=O)N(CCc2ccccc2)c2nc3ccccc3n2[C@@H]1c1ccc(SC)cc1. The topological polar surface area (TPSA) is 64.4 Å². The van der Waals surface area contributed by atoms with Crippen LogP contribution in [0, 0.1) is 5.92 Å². The van der Waals surface area contributed by atoms with Crippen LogP contribution in [0.4, 0.5) is 5.95 Å². The fourth-order valence-electron chi connectivity index (χ4n) is 4.75. The van der Waals surface area contributed by atoms with Crippen molar-refractivity contribution >= 4 is 40.6 Å². The van der Waals surface area contributed by atoms with Gasteiger partial charge in [0.15, 0.2) is 5.92 Å². The highest BCUT2D eigenvalue weighted by Crippen LogP contribution is 2.41. The molecular weight excluding hydrogens is 458 g/mol. The van der Waals surface area contributed by atoms with E-state index in [1.165, 1.54) is 0 Å². The molecule has 35 heavy (non-hydrogen) atoms. The number of benzene rings is 3. The predicted molar refractivity (Wildman–Crippen MR) is 139 cm³/mol. The molecule has 0 fully saturated rings. The van der Waals surface area contributed by atoms with E-state index in [2.05, 4.69) is 0 Å². The van der Waals surface area contributed by atoms with Crippen LogP contribution in [0.15, 0.2) is 83.8 Å². The normalized spacial score (nSPS) is 17.4. The third kappa shape index (κ3) is 4.32.